The SMILES string of the molecule is N[C@@H](C/C=C/C[C@H]1CCCCCN1)C(=O)O. The summed E-state index contributed by atoms with van der Waals surface area (Å²) in [6.07, 6.45) is 10.4. The first-order valence-corrected chi connectivity index (χ1v) is 6.07. The van der Waals surface area contributed by atoms with Crippen molar-refractivity contribution in [1.82, 2.24) is 5.32 Å². The molecule has 1 heterocycles. The second-order valence-corrected chi connectivity index (χ2v) is 4.39. The van der Waals surface area contributed by atoms with Gasteiger partial charge in [-0.05, 0) is 32.2 Å². The molecular weight excluding hydrogens is 204 g/mol. The molecule has 0 amide bonds. The highest BCUT2D eigenvalue weighted by molar-refractivity contribution is 5.73. The molecule has 16 heavy (non-hydrogen) atoms. The van der Waals surface area contributed by atoms with Crippen molar-refractivity contribution in [2.45, 2.75) is 50.6 Å². The van der Waals surface area contributed by atoms with Crippen LogP contribution in [-0.2, 0) is 4.79 Å². The minimum atomic E-state index is -0.933. The lowest BCUT2D eigenvalue weighted by atomic mass is 10.1. The molecule has 1 saturated heterocycles. The van der Waals surface area contributed by atoms with Crippen LogP contribution in [0, 0.1) is 0 Å². The molecule has 1 rings (SSSR count). The molecule has 0 saturated carbocycles. The Bertz CT molecular complexity index is 233. The van der Waals surface area contributed by atoms with Crippen LogP contribution in [0.2, 0.25) is 0 Å². The third kappa shape index (κ3) is 5.28. The maximum Gasteiger partial charge on any atom is 0.320 e. The standard InChI is InChI=1S/C12H22N2O2/c13-11(12(15)16)8-4-3-7-10-6-2-1-5-9-14-10/h3-4,10-11,14H,1-2,5-9,13H2,(H,15,16)/b4-3+/t10-,11+/m1/s1. The van der Waals surface area contributed by atoms with Crippen molar-refractivity contribution in [3.8, 4) is 0 Å². The number of carboxylic acids is 1. The first-order valence-electron chi connectivity index (χ1n) is 6.07. The molecule has 0 aliphatic carbocycles. The van der Waals surface area contributed by atoms with Gasteiger partial charge in [-0.1, -0.05) is 25.0 Å². The van der Waals surface area contributed by atoms with Crippen molar-refractivity contribution >= 4 is 5.97 Å². The first-order chi connectivity index (χ1) is 7.70. The number of hydrogen-bond donors (Lipinski definition) is 3. The third-order valence-electron chi connectivity index (χ3n) is 2.96. The molecule has 0 aromatic carbocycles. The number of nitrogens with one attached hydrogen (secondary N) is 1. The van der Waals surface area contributed by atoms with Gasteiger partial charge in [0, 0.05) is 6.04 Å². The molecule has 1 aliphatic heterocycles. The number of hydrogen-bond acceptors (Lipinski definition) is 3. The number of carbonyl (C=O) groups is 1. The van der Waals surface area contributed by atoms with Crippen molar-refractivity contribution in [2.75, 3.05) is 6.54 Å². The largest absolute Gasteiger partial charge is 0.480 e. The van der Waals surface area contributed by atoms with Gasteiger partial charge < -0.3 is 16.2 Å². The molecule has 4 heteroatoms. The van der Waals surface area contributed by atoms with E-state index in [9.17, 15) is 4.79 Å². The van der Waals surface area contributed by atoms with E-state index in [-0.39, 0.29) is 0 Å². The van der Waals surface area contributed by atoms with Crippen molar-refractivity contribution in [3.05, 3.63) is 12.2 Å². The summed E-state index contributed by atoms with van der Waals surface area (Å²) in [4.78, 5) is 10.5. The highest BCUT2D eigenvalue weighted by atomic mass is 16.4. The molecule has 4 nitrogen and oxygen atoms in total. The van der Waals surface area contributed by atoms with Crippen LogP contribution < -0.4 is 11.1 Å². The zero-order valence-electron chi connectivity index (χ0n) is 9.69. The van der Waals surface area contributed by atoms with Gasteiger partial charge in [-0.15, -0.1) is 0 Å². The molecule has 0 spiro atoms. The van der Waals surface area contributed by atoms with E-state index in [2.05, 4.69) is 5.32 Å². The van der Waals surface area contributed by atoms with Crippen LogP contribution in [0.3, 0.4) is 0 Å². The van der Waals surface area contributed by atoms with Gasteiger partial charge in [0.25, 0.3) is 0 Å². The predicted molar refractivity (Wildman–Crippen MR) is 64.2 cm³/mol. The van der Waals surface area contributed by atoms with Crippen LogP contribution in [0.5, 0.6) is 0 Å². The summed E-state index contributed by atoms with van der Waals surface area (Å²) in [5, 5.41) is 12.1. The molecule has 2 atom stereocenters. The molecule has 0 bridgehead atoms. The van der Waals surface area contributed by atoms with Gasteiger partial charge >= 0.3 is 5.97 Å². The second kappa shape index (κ2) is 7.41. The van der Waals surface area contributed by atoms with E-state index in [0.717, 1.165) is 13.0 Å². The summed E-state index contributed by atoms with van der Waals surface area (Å²) < 4.78 is 0. The molecule has 1 aliphatic rings. The first kappa shape index (κ1) is 13.2. The van der Waals surface area contributed by atoms with Gasteiger partial charge in [-0.2, -0.15) is 0 Å². The Morgan fingerprint density at radius 3 is 3.00 bits per heavy atom. The lowest BCUT2D eigenvalue weighted by Crippen LogP contribution is -2.29. The fraction of sp³-hybridized carbons (Fsp3) is 0.750. The van der Waals surface area contributed by atoms with Crippen LogP contribution in [-0.4, -0.2) is 29.7 Å². The average molecular weight is 226 g/mol. The van der Waals surface area contributed by atoms with Crippen molar-refractivity contribution in [1.29, 1.82) is 0 Å². The van der Waals surface area contributed by atoms with Crippen LogP contribution >= 0.6 is 0 Å². The highest BCUT2D eigenvalue weighted by Gasteiger charge is 2.10. The topological polar surface area (TPSA) is 75.3 Å². The van der Waals surface area contributed by atoms with Crippen molar-refractivity contribution < 1.29 is 9.90 Å². The van der Waals surface area contributed by atoms with Gasteiger partial charge in [-0.25, -0.2) is 0 Å². The zero-order chi connectivity index (χ0) is 11.8. The maximum atomic E-state index is 10.5. The summed E-state index contributed by atoms with van der Waals surface area (Å²) in [5.41, 5.74) is 5.39. The Morgan fingerprint density at radius 2 is 2.25 bits per heavy atom. The van der Waals surface area contributed by atoms with E-state index >= 15 is 0 Å². The lowest BCUT2D eigenvalue weighted by Gasteiger charge is -2.12. The Kier molecular flexibility index (Phi) is 6.11. The summed E-state index contributed by atoms with van der Waals surface area (Å²) >= 11 is 0. The normalized spacial score (nSPS) is 24.2. The van der Waals surface area contributed by atoms with Crippen LogP contribution in [0.4, 0.5) is 0 Å². The number of carboxylic acid groups (broad SMARTS) is 1. The van der Waals surface area contributed by atoms with Gasteiger partial charge in [0.05, 0.1) is 0 Å². The van der Waals surface area contributed by atoms with E-state index in [4.69, 9.17) is 10.8 Å². The Balaban J connectivity index is 2.17. The Morgan fingerprint density at radius 1 is 1.44 bits per heavy atom. The van der Waals surface area contributed by atoms with Crippen LogP contribution in [0.1, 0.15) is 38.5 Å². The van der Waals surface area contributed by atoms with E-state index in [1.807, 2.05) is 12.2 Å². The fourth-order valence-corrected chi connectivity index (χ4v) is 1.91. The second-order valence-electron chi connectivity index (χ2n) is 4.39. The monoisotopic (exact) mass is 226 g/mol. The summed E-state index contributed by atoms with van der Waals surface area (Å²) in [6.45, 7) is 1.10. The average Bonchev–Trinajstić information content (AvgIpc) is 2.52. The van der Waals surface area contributed by atoms with Gasteiger partial charge in [-0.3, -0.25) is 4.79 Å². The van der Waals surface area contributed by atoms with E-state index in [0.29, 0.717) is 12.5 Å². The predicted octanol–water partition coefficient (Wildman–Crippen LogP) is 1.27. The van der Waals surface area contributed by atoms with Gasteiger partial charge in [0.2, 0.25) is 0 Å². The molecule has 92 valence electrons. The van der Waals surface area contributed by atoms with Crippen LogP contribution in [0.15, 0.2) is 12.2 Å². The van der Waals surface area contributed by atoms with E-state index in [1.54, 1.807) is 0 Å². The minimum absolute atomic E-state index is 0.419. The zero-order valence-corrected chi connectivity index (χ0v) is 9.69. The quantitative estimate of drug-likeness (QED) is 0.617. The molecule has 4 N–H and O–H groups in total. The number of rotatable bonds is 5. The Hall–Kier alpha value is -0.870. The molecule has 0 unspecified atom stereocenters. The van der Waals surface area contributed by atoms with E-state index < -0.39 is 12.0 Å². The van der Waals surface area contributed by atoms with E-state index in [1.165, 1.54) is 25.7 Å². The smallest absolute Gasteiger partial charge is 0.320 e. The molecular formula is C12H22N2O2. The van der Waals surface area contributed by atoms with Crippen molar-refractivity contribution in [3.63, 3.8) is 0 Å². The Labute approximate surface area is 96.9 Å². The summed E-state index contributed by atoms with van der Waals surface area (Å²) in [6, 6.07) is -0.210. The summed E-state index contributed by atoms with van der Waals surface area (Å²) in [7, 11) is 0. The van der Waals surface area contributed by atoms with Crippen LogP contribution in [0.25, 0.3) is 0 Å². The highest BCUT2D eigenvalue weighted by Crippen LogP contribution is 2.11. The minimum Gasteiger partial charge on any atom is -0.480 e. The molecule has 0 radical (unpaired) electrons. The number of aliphatic carboxylic acids is 1. The lowest BCUT2D eigenvalue weighted by molar-refractivity contribution is -0.138. The summed E-state index contributed by atoms with van der Waals surface area (Å²) in [5.74, 6) is -0.933. The molecule has 0 aromatic heterocycles. The third-order valence-corrected chi connectivity index (χ3v) is 2.96. The van der Waals surface area contributed by atoms with Crippen molar-refractivity contribution in [2.24, 2.45) is 5.73 Å². The molecule has 1 fully saturated rings. The molecule has 0 aromatic rings. The fourth-order valence-electron chi connectivity index (χ4n) is 1.91. The number of nitrogens with two attached hydrogens (primary N) is 1. The van der Waals surface area contributed by atoms with Gasteiger partial charge in [0.15, 0.2) is 0 Å². The maximum absolute atomic E-state index is 10.5. The van der Waals surface area contributed by atoms with Gasteiger partial charge in [0.1, 0.15) is 6.04 Å².